The molecule has 1 aliphatic carbocycles. The van der Waals surface area contributed by atoms with Crippen molar-refractivity contribution in [2.45, 2.75) is 37.5 Å². The molecule has 0 amide bonds. The molecule has 94 valence electrons. The molecule has 0 aromatic heterocycles. The van der Waals surface area contributed by atoms with Crippen molar-refractivity contribution in [3.63, 3.8) is 0 Å². The van der Waals surface area contributed by atoms with Crippen molar-refractivity contribution in [3.05, 3.63) is 35.4 Å². The van der Waals surface area contributed by atoms with E-state index in [4.69, 9.17) is 10.5 Å². The molecular formula is C15H23NO. The van der Waals surface area contributed by atoms with Crippen molar-refractivity contribution in [1.82, 2.24) is 0 Å². The highest BCUT2D eigenvalue weighted by Crippen LogP contribution is 2.50. The first-order chi connectivity index (χ1) is 8.23. The number of hydrogen-bond donors (Lipinski definition) is 1. The molecule has 1 aliphatic rings. The Hall–Kier alpha value is -0.860. The second-order valence-corrected chi connectivity index (χ2v) is 5.28. The third kappa shape index (κ3) is 2.53. The van der Waals surface area contributed by atoms with E-state index in [1.807, 2.05) is 0 Å². The fourth-order valence-corrected chi connectivity index (χ4v) is 2.73. The third-order valence-electron chi connectivity index (χ3n) is 3.94. The van der Waals surface area contributed by atoms with Gasteiger partial charge in [0.15, 0.2) is 0 Å². The molecule has 0 aliphatic heterocycles. The topological polar surface area (TPSA) is 35.2 Å². The fraction of sp³-hybridized carbons (Fsp3) is 0.600. The van der Waals surface area contributed by atoms with Gasteiger partial charge in [-0.15, -0.1) is 0 Å². The summed E-state index contributed by atoms with van der Waals surface area (Å²) >= 11 is 0. The molecule has 1 aromatic rings. The molecule has 0 bridgehead atoms. The number of methoxy groups -OCH3 is 1. The molecule has 0 heterocycles. The van der Waals surface area contributed by atoms with E-state index >= 15 is 0 Å². The zero-order valence-electron chi connectivity index (χ0n) is 10.9. The molecule has 0 spiro atoms. The summed E-state index contributed by atoms with van der Waals surface area (Å²) in [5, 5.41) is 0. The zero-order chi connectivity index (χ0) is 12.3. The summed E-state index contributed by atoms with van der Waals surface area (Å²) in [6.07, 6.45) is 3.57. The minimum atomic E-state index is 0.300. The maximum atomic E-state index is 5.68. The quantitative estimate of drug-likeness (QED) is 0.820. The van der Waals surface area contributed by atoms with Crippen molar-refractivity contribution >= 4 is 0 Å². The van der Waals surface area contributed by atoms with Gasteiger partial charge in [-0.3, -0.25) is 0 Å². The van der Waals surface area contributed by atoms with Crippen molar-refractivity contribution in [3.8, 4) is 0 Å². The van der Waals surface area contributed by atoms with Crippen molar-refractivity contribution in [1.29, 1.82) is 0 Å². The van der Waals surface area contributed by atoms with Gasteiger partial charge in [0.2, 0.25) is 0 Å². The molecule has 1 unspecified atom stereocenters. The lowest BCUT2D eigenvalue weighted by atomic mass is 9.85. The summed E-state index contributed by atoms with van der Waals surface area (Å²) < 4.78 is 5.39. The van der Waals surface area contributed by atoms with Crippen molar-refractivity contribution in [2.24, 2.45) is 5.73 Å². The van der Waals surface area contributed by atoms with Gasteiger partial charge in [0.05, 0.1) is 6.61 Å². The lowest BCUT2D eigenvalue weighted by Crippen LogP contribution is -2.18. The Labute approximate surface area is 104 Å². The van der Waals surface area contributed by atoms with Crippen LogP contribution in [0.2, 0.25) is 0 Å². The van der Waals surface area contributed by atoms with Crippen LogP contribution < -0.4 is 5.73 Å². The first-order valence-electron chi connectivity index (χ1n) is 6.52. The van der Waals surface area contributed by atoms with Gasteiger partial charge in [0.1, 0.15) is 0 Å². The largest absolute Gasteiger partial charge is 0.384 e. The number of hydrogen-bond acceptors (Lipinski definition) is 2. The van der Waals surface area contributed by atoms with E-state index in [9.17, 15) is 0 Å². The Morgan fingerprint density at radius 1 is 1.35 bits per heavy atom. The minimum absolute atomic E-state index is 0.300. The van der Waals surface area contributed by atoms with E-state index in [2.05, 4.69) is 31.2 Å². The van der Waals surface area contributed by atoms with E-state index < -0.39 is 0 Å². The number of benzene rings is 1. The molecule has 0 saturated heterocycles. The van der Waals surface area contributed by atoms with Crippen LogP contribution in [0.3, 0.4) is 0 Å². The Morgan fingerprint density at radius 2 is 2.06 bits per heavy atom. The van der Waals surface area contributed by atoms with Crippen LogP contribution in [0.1, 0.15) is 43.2 Å². The zero-order valence-corrected chi connectivity index (χ0v) is 10.9. The van der Waals surface area contributed by atoms with Crippen LogP contribution in [0.25, 0.3) is 0 Å². The van der Waals surface area contributed by atoms with E-state index in [0.717, 1.165) is 19.6 Å². The van der Waals surface area contributed by atoms with E-state index in [1.165, 1.54) is 24.0 Å². The second kappa shape index (κ2) is 5.19. The van der Waals surface area contributed by atoms with E-state index in [-0.39, 0.29) is 0 Å². The van der Waals surface area contributed by atoms with Crippen LogP contribution in [0.5, 0.6) is 0 Å². The summed E-state index contributed by atoms with van der Waals surface area (Å²) in [7, 11) is 1.80. The van der Waals surface area contributed by atoms with Crippen molar-refractivity contribution in [2.75, 3.05) is 20.3 Å². The smallest absolute Gasteiger partial charge is 0.0559 e. The number of ether oxygens (including phenoxy) is 1. The standard InChI is InChI=1S/C15H23NO/c1-12(7-10-16)13-5-3-4-6-14(13)15(8-9-15)11-17-2/h3-6,12H,7-11,16H2,1-2H3. The van der Waals surface area contributed by atoms with Gasteiger partial charge in [-0.1, -0.05) is 31.2 Å². The highest BCUT2D eigenvalue weighted by atomic mass is 16.5. The molecule has 1 aromatic carbocycles. The van der Waals surface area contributed by atoms with Crippen LogP contribution in [-0.4, -0.2) is 20.3 Å². The second-order valence-electron chi connectivity index (χ2n) is 5.28. The summed E-state index contributed by atoms with van der Waals surface area (Å²) in [6, 6.07) is 8.80. The lowest BCUT2D eigenvalue weighted by molar-refractivity contribution is 0.171. The molecule has 2 heteroatoms. The first-order valence-corrected chi connectivity index (χ1v) is 6.52. The highest BCUT2D eigenvalue weighted by Gasteiger charge is 2.45. The lowest BCUT2D eigenvalue weighted by Gasteiger charge is -2.22. The third-order valence-corrected chi connectivity index (χ3v) is 3.94. The molecule has 1 atom stereocenters. The summed E-state index contributed by atoms with van der Waals surface area (Å²) in [4.78, 5) is 0. The van der Waals surface area contributed by atoms with Gasteiger partial charge < -0.3 is 10.5 Å². The van der Waals surface area contributed by atoms with Crippen LogP contribution in [0.4, 0.5) is 0 Å². The number of nitrogens with two attached hydrogens (primary N) is 1. The van der Waals surface area contributed by atoms with E-state index in [1.54, 1.807) is 7.11 Å². The van der Waals surface area contributed by atoms with Crippen LogP contribution in [0.15, 0.2) is 24.3 Å². The monoisotopic (exact) mass is 233 g/mol. The van der Waals surface area contributed by atoms with Crippen LogP contribution in [0, 0.1) is 0 Å². The van der Waals surface area contributed by atoms with E-state index in [0.29, 0.717) is 11.3 Å². The van der Waals surface area contributed by atoms with Gasteiger partial charge in [0.25, 0.3) is 0 Å². The van der Waals surface area contributed by atoms with Gasteiger partial charge in [0, 0.05) is 12.5 Å². The van der Waals surface area contributed by atoms with Crippen LogP contribution in [-0.2, 0) is 10.2 Å². The number of rotatable bonds is 6. The average molecular weight is 233 g/mol. The Kier molecular flexibility index (Phi) is 3.85. The molecule has 2 rings (SSSR count). The fourth-order valence-electron chi connectivity index (χ4n) is 2.73. The summed E-state index contributed by atoms with van der Waals surface area (Å²) in [5.41, 5.74) is 8.93. The summed E-state index contributed by atoms with van der Waals surface area (Å²) in [6.45, 7) is 3.88. The molecular weight excluding hydrogens is 210 g/mol. The SMILES string of the molecule is COCC1(c2ccccc2C(C)CCN)CC1. The normalized spacial score (nSPS) is 19.0. The van der Waals surface area contributed by atoms with Crippen LogP contribution >= 0.6 is 0 Å². The average Bonchev–Trinajstić information content (AvgIpc) is 3.11. The summed E-state index contributed by atoms with van der Waals surface area (Å²) in [5.74, 6) is 0.547. The minimum Gasteiger partial charge on any atom is -0.384 e. The molecule has 17 heavy (non-hydrogen) atoms. The van der Waals surface area contributed by atoms with Crippen molar-refractivity contribution < 1.29 is 4.74 Å². The Bertz CT molecular complexity index is 371. The maximum absolute atomic E-state index is 5.68. The Balaban J connectivity index is 2.28. The van der Waals surface area contributed by atoms with Gasteiger partial charge >= 0.3 is 0 Å². The van der Waals surface area contributed by atoms with Gasteiger partial charge in [-0.2, -0.15) is 0 Å². The first kappa shape index (κ1) is 12.6. The van der Waals surface area contributed by atoms with Gasteiger partial charge in [-0.25, -0.2) is 0 Å². The molecule has 1 saturated carbocycles. The molecule has 2 nitrogen and oxygen atoms in total. The maximum Gasteiger partial charge on any atom is 0.0559 e. The Morgan fingerprint density at radius 3 is 2.65 bits per heavy atom. The predicted octanol–water partition coefficient (Wildman–Crippen LogP) is 2.82. The molecule has 1 fully saturated rings. The highest BCUT2D eigenvalue weighted by molar-refractivity contribution is 5.40. The molecule has 0 radical (unpaired) electrons. The molecule has 2 N–H and O–H groups in total. The predicted molar refractivity (Wildman–Crippen MR) is 71.3 cm³/mol. The van der Waals surface area contributed by atoms with Gasteiger partial charge in [-0.05, 0) is 42.9 Å².